The highest BCUT2D eigenvalue weighted by molar-refractivity contribution is 5.83. The first-order valence-electron chi connectivity index (χ1n) is 6.62. The molecule has 0 aliphatic heterocycles. The van der Waals surface area contributed by atoms with Crippen LogP contribution in [0.2, 0.25) is 0 Å². The fourth-order valence-electron chi connectivity index (χ4n) is 2.53. The molecular weight excluding hydrogens is 224 g/mol. The van der Waals surface area contributed by atoms with Crippen LogP contribution in [0.15, 0.2) is 18.2 Å². The molecule has 0 aromatic heterocycles. The van der Waals surface area contributed by atoms with E-state index in [1.165, 1.54) is 16.7 Å². The molecule has 1 aliphatic carbocycles. The van der Waals surface area contributed by atoms with E-state index in [-0.39, 0.29) is 11.3 Å². The summed E-state index contributed by atoms with van der Waals surface area (Å²) >= 11 is 0. The minimum Gasteiger partial charge on any atom is -0.351 e. The molecule has 0 unspecified atom stereocenters. The molecule has 3 N–H and O–H groups in total. The van der Waals surface area contributed by atoms with Crippen molar-refractivity contribution >= 4 is 5.91 Å². The first-order chi connectivity index (χ1) is 8.57. The lowest BCUT2D eigenvalue weighted by Gasteiger charge is -2.39. The number of rotatable bonds is 4. The Labute approximate surface area is 109 Å². The molecule has 2 rings (SSSR count). The number of hydrogen-bond acceptors (Lipinski definition) is 2. The van der Waals surface area contributed by atoms with E-state index in [1.54, 1.807) is 0 Å². The highest BCUT2D eigenvalue weighted by atomic mass is 16.2. The van der Waals surface area contributed by atoms with Crippen LogP contribution < -0.4 is 11.1 Å². The Morgan fingerprint density at radius 2 is 2.11 bits per heavy atom. The molecule has 3 nitrogen and oxygen atoms in total. The summed E-state index contributed by atoms with van der Waals surface area (Å²) in [5.41, 5.74) is 9.11. The van der Waals surface area contributed by atoms with E-state index >= 15 is 0 Å². The minimum atomic E-state index is -0.279. The zero-order chi connectivity index (χ0) is 13.2. The molecule has 0 heterocycles. The van der Waals surface area contributed by atoms with Crippen molar-refractivity contribution in [3.05, 3.63) is 34.9 Å². The molecule has 98 valence electrons. The fourth-order valence-corrected chi connectivity index (χ4v) is 2.53. The molecule has 0 spiro atoms. The maximum atomic E-state index is 12.1. The van der Waals surface area contributed by atoms with Gasteiger partial charge in [0.05, 0.1) is 5.41 Å². The van der Waals surface area contributed by atoms with Gasteiger partial charge in [0.25, 0.3) is 0 Å². The Morgan fingerprint density at radius 1 is 1.39 bits per heavy atom. The third-order valence-electron chi connectivity index (χ3n) is 4.12. The molecule has 0 radical (unpaired) electrons. The highest BCUT2D eigenvalue weighted by Gasteiger charge is 2.42. The summed E-state index contributed by atoms with van der Waals surface area (Å²) < 4.78 is 0. The number of nitrogens with one attached hydrogen (secondary N) is 1. The molecule has 1 amide bonds. The summed E-state index contributed by atoms with van der Waals surface area (Å²) in [5, 5.41) is 3.03. The van der Waals surface area contributed by atoms with Gasteiger partial charge in [-0.25, -0.2) is 0 Å². The van der Waals surface area contributed by atoms with Crippen LogP contribution in [0.25, 0.3) is 0 Å². The first kappa shape index (κ1) is 13.1. The third kappa shape index (κ3) is 2.41. The lowest BCUT2D eigenvalue weighted by molar-refractivity contribution is -0.135. The van der Waals surface area contributed by atoms with Crippen LogP contribution in [0.1, 0.15) is 36.0 Å². The van der Waals surface area contributed by atoms with Gasteiger partial charge in [-0.1, -0.05) is 30.2 Å². The average Bonchev–Trinajstić information content (AvgIpc) is 2.27. The van der Waals surface area contributed by atoms with E-state index in [9.17, 15) is 4.79 Å². The zero-order valence-corrected chi connectivity index (χ0v) is 11.3. The van der Waals surface area contributed by atoms with Gasteiger partial charge < -0.3 is 11.1 Å². The Kier molecular flexibility index (Phi) is 3.71. The first-order valence-corrected chi connectivity index (χ1v) is 6.62. The molecular formula is C15H22N2O. The number of aryl methyl sites for hydroxylation is 2. The number of nitrogens with two attached hydrogens (primary N) is 1. The predicted molar refractivity (Wildman–Crippen MR) is 73.1 cm³/mol. The smallest absolute Gasteiger partial charge is 0.227 e. The second-order valence-electron chi connectivity index (χ2n) is 5.45. The van der Waals surface area contributed by atoms with E-state index in [0.29, 0.717) is 13.1 Å². The number of hydrogen-bond donors (Lipinski definition) is 2. The monoisotopic (exact) mass is 246 g/mol. The highest BCUT2D eigenvalue weighted by Crippen LogP contribution is 2.40. The van der Waals surface area contributed by atoms with Crippen LogP contribution >= 0.6 is 0 Å². The topological polar surface area (TPSA) is 55.1 Å². The largest absolute Gasteiger partial charge is 0.351 e. The molecule has 3 heteroatoms. The van der Waals surface area contributed by atoms with Crippen LogP contribution in [-0.2, 0) is 11.3 Å². The number of amides is 1. The van der Waals surface area contributed by atoms with Crippen LogP contribution in [-0.4, -0.2) is 12.5 Å². The van der Waals surface area contributed by atoms with E-state index in [2.05, 4.69) is 37.4 Å². The molecule has 0 bridgehead atoms. The van der Waals surface area contributed by atoms with Crippen molar-refractivity contribution < 1.29 is 4.79 Å². The molecule has 1 saturated carbocycles. The van der Waals surface area contributed by atoms with Crippen molar-refractivity contribution in [3.8, 4) is 0 Å². The van der Waals surface area contributed by atoms with Crippen molar-refractivity contribution in [3.63, 3.8) is 0 Å². The Hall–Kier alpha value is -1.35. The Balaban J connectivity index is 1.97. The summed E-state index contributed by atoms with van der Waals surface area (Å²) in [7, 11) is 0. The zero-order valence-electron chi connectivity index (χ0n) is 11.3. The van der Waals surface area contributed by atoms with E-state index < -0.39 is 0 Å². The molecule has 1 aromatic carbocycles. The molecule has 1 fully saturated rings. The molecule has 1 aliphatic rings. The van der Waals surface area contributed by atoms with Crippen molar-refractivity contribution in [2.45, 2.75) is 39.7 Å². The molecule has 0 saturated heterocycles. The standard InChI is InChI=1S/C15H22N2O/c1-11-4-5-13(12(2)8-11)9-17-14(18)15(10-16)6-3-7-15/h4-5,8H,3,6-7,9-10,16H2,1-2H3,(H,17,18). The van der Waals surface area contributed by atoms with Gasteiger partial charge in [-0.05, 0) is 37.8 Å². The van der Waals surface area contributed by atoms with Gasteiger partial charge in [0.15, 0.2) is 0 Å². The van der Waals surface area contributed by atoms with Crippen LogP contribution in [0, 0.1) is 19.3 Å². The van der Waals surface area contributed by atoms with Crippen molar-refractivity contribution in [1.82, 2.24) is 5.32 Å². The maximum absolute atomic E-state index is 12.1. The van der Waals surface area contributed by atoms with Gasteiger partial charge in [0.2, 0.25) is 5.91 Å². The summed E-state index contributed by atoms with van der Waals surface area (Å²) in [5.74, 6) is 0.122. The quantitative estimate of drug-likeness (QED) is 0.854. The molecule has 18 heavy (non-hydrogen) atoms. The third-order valence-corrected chi connectivity index (χ3v) is 4.12. The van der Waals surface area contributed by atoms with Crippen molar-refractivity contribution in [2.75, 3.05) is 6.54 Å². The summed E-state index contributed by atoms with van der Waals surface area (Å²) in [6.07, 6.45) is 2.98. The van der Waals surface area contributed by atoms with Crippen LogP contribution in [0.3, 0.4) is 0 Å². The Bertz CT molecular complexity index is 444. The maximum Gasteiger partial charge on any atom is 0.227 e. The molecule has 1 aromatic rings. The van der Waals surface area contributed by atoms with Crippen molar-refractivity contribution in [2.24, 2.45) is 11.1 Å². The minimum absolute atomic E-state index is 0.122. The average molecular weight is 246 g/mol. The van der Waals surface area contributed by atoms with Gasteiger partial charge in [-0.2, -0.15) is 0 Å². The van der Waals surface area contributed by atoms with E-state index in [4.69, 9.17) is 5.73 Å². The van der Waals surface area contributed by atoms with Gasteiger partial charge >= 0.3 is 0 Å². The summed E-state index contributed by atoms with van der Waals surface area (Å²) in [6, 6.07) is 6.31. The van der Waals surface area contributed by atoms with Gasteiger partial charge in [-0.3, -0.25) is 4.79 Å². The van der Waals surface area contributed by atoms with Gasteiger partial charge in [-0.15, -0.1) is 0 Å². The lowest BCUT2D eigenvalue weighted by Crippen LogP contribution is -2.50. The normalized spacial score (nSPS) is 17.1. The van der Waals surface area contributed by atoms with E-state index in [1.807, 2.05) is 0 Å². The van der Waals surface area contributed by atoms with Crippen LogP contribution in [0.5, 0.6) is 0 Å². The van der Waals surface area contributed by atoms with Crippen LogP contribution in [0.4, 0.5) is 0 Å². The van der Waals surface area contributed by atoms with Crippen molar-refractivity contribution in [1.29, 1.82) is 0 Å². The predicted octanol–water partition coefficient (Wildman–Crippen LogP) is 2.05. The fraction of sp³-hybridized carbons (Fsp3) is 0.533. The number of carbonyl (C=O) groups is 1. The SMILES string of the molecule is Cc1ccc(CNC(=O)C2(CN)CCC2)c(C)c1. The summed E-state index contributed by atoms with van der Waals surface area (Å²) in [6.45, 7) is 5.22. The van der Waals surface area contributed by atoms with Gasteiger partial charge in [0.1, 0.15) is 0 Å². The second-order valence-corrected chi connectivity index (χ2v) is 5.45. The second kappa shape index (κ2) is 5.11. The van der Waals surface area contributed by atoms with Gasteiger partial charge in [0, 0.05) is 13.1 Å². The number of carbonyl (C=O) groups excluding carboxylic acids is 1. The van der Waals surface area contributed by atoms with E-state index in [0.717, 1.165) is 19.3 Å². The molecule has 0 atom stereocenters. The lowest BCUT2D eigenvalue weighted by atomic mass is 9.68. The Morgan fingerprint density at radius 3 is 2.61 bits per heavy atom. The number of benzene rings is 1. The summed E-state index contributed by atoms with van der Waals surface area (Å²) in [4.78, 5) is 12.1.